The lowest BCUT2D eigenvalue weighted by Gasteiger charge is -2.33. The highest BCUT2D eigenvalue weighted by atomic mass is 35.5. The fourth-order valence-electron chi connectivity index (χ4n) is 2.32. The lowest BCUT2D eigenvalue weighted by Crippen LogP contribution is -2.36. The van der Waals surface area contributed by atoms with Crippen molar-refractivity contribution < 1.29 is 0 Å². The molecule has 0 aromatic carbocycles. The number of rotatable bonds is 5. The summed E-state index contributed by atoms with van der Waals surface area (Å²) < 4.78 is 0. The third-order valence-corrected chi connectivity index (χ3v) is 2.53. The summed E-state index contributed by atoms with van der Waals surface area (Å²) in [5.41, 5.74) is 0.101. The van der Waals surface area contributed by atoms with Crippen molar-refractivity contribution in [1.29, 1.82) is 0 Å². The lowest BCUT2D eigenvalue weighted by molar-refractivity contribution is 0.301. The van der Waals surface area contributed by atoms with Crippen molar-refractivity contribution in [3.8, 4) is 0 Å². The van der Waals surface area contributed by atoms with Gasteiger partial charge in [-0.2, -0.15) is 15.0 Å². The van der Waals surface area contributed by atoms with E-state index in [1.807, 2.05) is 6.92 Å². The van der Waals surface area contributed by atoms with Crippen molar-refractivity contribution in [2.24, 2.45) is 5.41 Å². The van der Waals surface area contributed by atoms with Gasteiger partial charge in [-0.25, -0.2) is 0 Å². The number of halogens is 1. The van der Waals surface area contributed by atoms with E-state index in [4.69, 9.17) is 11.6 Å². The molecule has 0 radical (unpaired) electrons. The summed E-state index contributed by atoms with van der Waals surface area (Å²) in [7, 11) is 0. The molecule has 0 unspecified atom stereocenters. The Morgan fingerprint density at radius 2 is 1.58 bits per heavy atom. The Bertz CT molecular complexity index is 426. The predicted octanol–water partition coefficient (Wildman–Crippen LogP) is 3.58. The van der Waals surface area contributed by atoms with Crippen molar-refractivity contribution in [2.75, 3.05) is 17.2 Å². The Morgan fingerprint density at radius 3 is 2.11 bits per heavy atom. The van der Waals surface area contributed by atoms with Crippen LogP contribution in [0.1, 0.15) is 48.0 Å². The summed E-state index contributed by atoms with van der Waals surface area (Å²) in [6, 6.07) is 0. The van der Waals surface area contributed by atoms with E-state index in [1.54, 1.807) is 0 Å². The molecule has 19 heavy (non-hydrogen) atoms. The number of nitrogens with one attached hydrogen (secondary N) is 2. The van der Waals surface area contributed by atoms with E-state index in [9.17, 15) is 0 Å². The molecule has 0 atom stereocenters. The molecule has 0 saturated heterocycles. The number of hydrogen-bond donors (Lipinski definition) is 2. The van der Waals surface area contributed by atoms with Gasteiger partial charge in [0.25, 0.3) is 0 Å². The molecule has 0 aliphatic carbocycles. The molecule has 0 aliphatic rings. The third-order valence-electron chi connectivity index (χ3n) is 2.37. The van der Waals surface area contributed by atoms with Gasteiger partial charge in [0.1, 0.15) is 0 Å². The van der Waals surface area contributed by atoms with Gasteiger partial charge in [-0.05, 0) is 44.2 Å². The van der Waals surface area contributed by atoms with Gasteiger partial charge >= 0.3 is 0 Å². The summed E-state index contributed by atoms with van der Waals surface area (Å²) in [4.78, 5) is 12.5. The van der Waals surface area contributed by atoms with Crippen LogP contribution in [-0.2, 0) is 0 Å². The van der Waals surface area contributed by atoms with Crippen molar-refractivity contribution in [2.45, 2.75) is 53.5 Å². The quantitative estimate of drug-likeness (QED) is 0.866. The van der Waals surface area contributed by atoms with E-state index in [0.717, 1.165) is 13.0 Å². The van der Waals surface area contributed by atoms with Crippen LogP contribution in [-0.4, -0.2) is 27.0 Å². The largest absolute Gasteiger partial charge is 0.354 e. The minimum Gasteiger partial charge on any atom is -0.354 e. The van der Waals surface area contributed by atoms with Crippen LogP contribution in [0.5, 0.6) is 0 Å². The molecule has 0 aliphatic heterocycles. The molecular formula is C13H24ClN5. The maximum absolute atomic E-state index is 5.91. The van der Waals surface area contributed by atoms with Crippen molar-refractivity contribution in [1.82, 2.24) is 15.0 Å². The maximum atomic E-state index is 5.91. The summed E-state index contributed by atoms with van der Waals surface area (Å²) in [5.74, 6) is 1.00. The summed E-state index contributed by atoms with van der Waals surface area (Å²) >= 11 is 5.91. The highest BCUT2D eigenvalue weighted by Gasteiger charge is 2.26. The minimum atomic E-state index is -0.119. The van der Waals surface area contributed by atoms with Crippen LogP contribution in [0.25, 0.3) is 0 Å². The zero-order valence-corrected chi connectivity index (χ0v) is 13.4. The molecule has 6 heteroatoms. The molecule has 108 valence electrons. The SMILES string of the molecule is CCNc1nc(Cl)nc(NC(C)(C)CC(C)(C)C)n1. The Labute approximate surface area is 120 Å². The van der Waals surface area contributed by atoms with Crippen LogP contribution in [0.15, 0.2) is 0 Å². The zero-order chi connectivity index (χ0) is 14.7. The van der Waals surface area contributed by atoms with Gasteiger partial charge in [-0.3, -0.25) is 0 Å². The third kappa shape index (κ3) is 6.05. The van der Waals surface area contributed by atoms with Gasteiger partial charge in [0.2, 0.25) is 17.2 Å². The van der Waals surface area contributed by atoms with Crippen molar-refractivity contribution >= 4 is 23.5 Å². The number of hydrogen-bond acceptors (Lipinski definition) is 5. The van der Waals surface area contributed by atoms with E-state index in [0.29, 0.717) is 11.9 Å². The Kier molecular flexibility index (Phi) is 4.96. The Morgan fingerprint density at radius 1 is 1.00 bits per heavy atom. The fourth-order valence-corrected chi connectivity index (χ4v) is 2.48. The van der Waals surface area contributed by atoms with E-state index in [1.165, 1.54) is 0 Å². The first-order valence-electron chi connectivity index (χ1n) is 6.55. The maximum Gasteiger partial charge on any atom is 0.229 e. The van der Waals surface area contributed by atoms with Crippen molar-refractivity contribution in [3.63, 3.8) is 0 Å². The van der Waals surface area contributed by atoms with Gasteiger partial charge in [-0.15, -0.1) is 0 Å². The van der Waals surface area contributed by atoms with Crippen LogP contribution in [0.4, 0.5) is 11.9 Å². The van der Waals surface area contributed by atoms with E-state index in [-0.39, 0.29) is 16.2 Å². The number of anilines is 2. The topological polar surface area (TPSA) is 62.7 Å². The highest BCUT2D eigenvalue weighted by molar-refractivity contribution is 6.28. The van der Waals surface area contributed by atoms with E-state index < -0.39 is 0 Å². The second kappa shape index (κ2) is 5.90. The smallest absolute Gasteiger partial charge is 0.229 e. The van der Waals surface area contributed by atoms with Gasteiger partial charge in [0.05, 0.1) is 0 Å². The second-order valence-corrected chi connectivity index (χ2v) is 6.87. The lowest BCUT2D eigenvalue weighted by atomic mass is 9.82. The van der Waals surface area contributed by atoms with Crippen LogP contribution < -0.4 is 10.6 Å². The van der Waals surface area contributed by atoms with E-state index in [2.05, 4.69) is 60.2 Å². The van der Waals surface area contributed by atoms with Crippen LogP contribution in [0.3, 0.4) is 0 Å². The van der Waals surface area contributed by atoms with Gasteiger partial charge in [0, 0.05) is 12.1 Å². The predicted molar refractivity (Wildman–Crippen MR) is 80.8 cm³/mol. The van der Waals surface area contributed by atoms with Gasteiger partial charge in [-0.1, -0.05) is 20.8 Å². The summed E-state index contributed by atoms with van der Waals surface area (Å²) in [6.45, 7) is 13.6. The summed E-state index contributed by atoms with van der Waals surface area (Å²) in [6.07, 6.45) is 0.986. The molecule has 0 saturated carbocycles. The molecule has 1 aromatic rings. The molecular weight excluding hydrogens is 262 g/mol. The fraction of sp³-hybridized carbons (Fsp3) is 0.769. The molecule has 0 spiro atoms. The molecule has 1 aromatic heterocycles. The molecule has 5 nitrogen and oxygen atoms in total. The van der Waals surface area contributed by atoms with Crippen LogP contribution >= 0.6 is 11.6 Å². The van der Waals surface area contributed by atoms with E-state index >= 15 is 0 Å². The molecule has 1 heterocycles. The Hall–Kier alpha value is -1.10. The minimum absolute atomic E-state index is 0.119. The number of nitrogens with zero attached hydrogens (tertiary/aromatic N) is 3. The monoisotopic (exact) mass is 285 g/mol. The average molecular weight is 286 g/mol. The van der Waals surface area contributed by atoms with Gasteiger partial charge < -0.3 is 10.6 Å². The normalized spacial score (nSPS) is 12.4. The average Bonchev–Trinajstić information content (AvgIpc) is 2.10. The molecule has 0 fully saturated rings. The number of aromatic nitrogens is 3. The summed E-state index contributed by atoms with van der Waals surface area (Å²) in [5, 5.41) is 6.56. The van der Waals surface area contributed by atoms with Crippen LogP contribution in [0.2, 0.25) is 5.28 Å². The molecule has 0 amide bonds. The standard InChI is InChI=1S/C13H24ClN5/c1-7-15-10-16-9(14)17-11(18-10)19-13(5,6)8-12(2,3)4/h7-8H2,1-6H3,(H2,15,16,17,18,19). The molecule has 0 bridgehead atoms. The van der Waals surface area contributed by atoms with Gasteiger partial charge in [0.15, 0.2) is 0 Å². The highest BCUT2D eigenvalue weighted by Crippen LogP contribution is 2.29. The zero-order valence-electron chi connectivity index (χ0n) is 12.6. The molecule has 1 rings (SSSR count). The first-order chi connectivity index (χ1) is 8.61. The Balaban J connectivity index is 2.86. The first-order valence-corrected chi connectivity index (χ1v) is 6.93. The molecule has 2 N–H and O–H groups in total. The van der Waals surface area contributed by atoms with Crippen molar-refractivity contribution in [3.05, 3.63) is 5.28 Å². The second-order valence-electron chi connectivity index (χ2n) is 6.53. The van der Waals surface area contributed by atoms with Crippen LogP contribution in [0, 0.1) is 5.41 Å². The first kappa shape index (κ1) is 16.0.